The van der Waals surface area contributed by atoms with Gasteiger partial charge in [0.25, 0.3) is 0 Å². The van der Waals surface area contributed by atoms with Crippen molar-refractivity contribution in [2.75, 3.05) is 24.6 Å². The third-order valence-electron chi connectivity index (χ3n) is 4.57. The van der Waals surface area contributed by atoms with Crippen LogP contribution in [0.2, 0.25) is 0 Å². The van der Waals surface area contributed by atoms with Crippen LogP contribution in [0, 0.1) is 6.92 Å². The zero-order valence-electron chi connectivity index (χ0n) is 12.1. The Hall–Kier alpha value is -1.14. The first-order valence-corrected chi connectivity index (χ1v) is 8.18. The van der Waals surface area contributed by atoms with E-state index in [1.165, 1.54) is 30.4 Å². The van der Waals surface area contributed by atoms with Crippen molar-refractivity contribution in [1.29, 1.82) is 0 Å². The van der Waals surface area contributed by atoms with Crippen LogP contribution in [0.1, 0.15) is 31.4 Å². The lowest BCUT2D eigenvalue weighted by Crippen LogP contribution is -2.50. The monoisotopic (exact) mass is 292 g/mol. The summed E-state index contributed by atoms with van der Waals surface area (Å²) < 4.78 is 9.20. The number of ether oxygens (including phenoxy) is 1. The summed E-state index contributed by atoms with van der Waals surface area (Å²) in [5.41, 5.74) is 2.19. The molecular formula is C14H20N4OS. The van der Waals surface area contributed by atoms with Crippen molar-refractivity contribution in [1.82, 2.24) is 14.8 Å². The van der Waals surface area contributed by atoms with Gasteiger partial charge in [0, 0.05) is 20.1 Å². The van der Waals surface area contributed by atoms with Crippen LogP contribution >= 0.6 is 11.3 Å². The van der Waals surface area contributed by atoms with Crippen molar-refractivity contribution in [3.63, 3.8) is 0 Å². The number of thiazole rings is 1. The molecule has 0 atom stereocenters. The standard InChI is InChI=1S/C14H20N4OS/c1-10-11-12(17(2)16-10)15-13(20-11)18-7-8-19-14(9-18)5-3-4-6-14/h3-9H2,1-2H3. The highest BCUT2D eigenvalue weighted by Crippen LogP contribution is 2.39. The Kier molecular flexibility index (Phi) is 2.79. The molecule has 3 heterocycles. The van der Waals surface area contributed by atoms with Gasteiger partial charge in [-0.2, -0.15) is 5.10 Å². The zero-order chi connectivity index (χ0) is 13.7. The number of hydrogen-bond acceptors (Lipinski definition) is 5. The second kappa shape index (κ2) is 4.43. The van der Waals surface area contributed by atoms with Crippen molar-refractivity contribution in [2.24, 2.45) is 7.05 Å². The van der Waals surface area contributed by atoms with Crippen molar-refractivity contribution < 1.29 is 4.74 Å². The molecular weight excluding hydrogens is 272 g/mol. The molecule has 0 aromatic carbocycles. The number of morpholine rings is 1. The number of anilines is 1. The maximum atomic E-state index is 6.10. The quantitative estimate of drug-likeness (QED) is 0.810. The van der Waals surface area contributed by atoms with Gasteiger partial charge in [-0.05, 0) is 19.8 Å². The first kappa shape index (κ1) is 12.6. The fourth-order valence-electron chi connectivity index (χ4n) is 3.54. The van der Waals surface area contributed by atoms with Gasteiger partial charge in [-0.3, -0.25) is 0 Å². The van der Waals surface area contributed by atoms with Gasteiger partial charge in [-0.15, -0.1) is 0 Å². The van der Waals surface area contributed by atoms with Crippen molar-refractivity contribution in [3.8, 4) is 0 Å². The molecule has 0 N–H and O–H groups in total. The maximum Gasteiger partial charge on any atom is 0.188 e. The number of hydrogen-bond donors (Lipinski definition) is 0. The number of rotatable bonds is 1. The smallest absolute Gasteiger partial charge is 0.188 e. The molecule has 1 aliphatic heterocycles. The molecule has 2 aliphatic rings. The molecule has 0 amide bonds. The van der Waals surface area contributed by atoms with E-state index in [-0.39, 0.29) is 5.60 Å². The maximum absolute atomic E-state index is 6.10. The third kappa shape index (κ3) is 1.85. The molecule has 2 aromatic heterocycles. The predicted octanol–water partition coefficient (Wildman–Crippen LogP) is 2.49. The molecule has 0 radical (unpaired) electrons. The molecule has 1 saturated heterocycles. The first-order valence-electron chi connectivity index (χ1n) is 7.36. The predicted molar refractivity (Wildman–Crippen MR) is 80.5 cm³/mol. The van der Waals surface area contributed by atoms with Gasteiger partial charge in [-0.25, -0.2) is 9.67 Å². The average Bonchev–Trinajstić information content (AvgIpc) is 3.10. The van der Waals surface area contributed by atoms with E-state index in [0.29, 0.717) is 0 Å². The van der Waals surface area contributed by atoms with Crippen LogP contribution in [-0.4, -0.2) is 40.1 Å². The lowest BCUT2D eigenvalue weighted by atomic mass is 10.0. The zero-order valence-corrected chi connectivity index (χ0v) is 12.9. The third-order valence-corrected chi connectivity index (χ3v) is 5.78. The molecule has 5 nitrogen and oxygen atoms in total. The Morgan fingerprint density at radius 3 is 2.85 bits per heavy atom. The molecule has 4 rings (SSSR count). The highest BCUT2D eigenvalue weighted by Gasteiger charge is 2.40. The van der Waals surface area contributed by atoms with E-state index in [9.17, 15) is 0 Å². The summed E-state index contributed by atoms with van der Waals surface area (Å²) in [6.07, 6.45) is 5.01. The van der Waals surface area contributed by atoms with Crippen molar-refractivity contribution in [2.45, 2.75) is 38.2 Å². The Labute approximate surface area is 122 Å². The molecule has 1 saturated carbocycles. The van der Waals surface area contributed by atoms with Gasteiger partial charge in [0.15, 0.2) is 10.8 Å². The van der Waals surface area contributed by atoms with Crippen LogP contribution in [0.5, 0.6) is 0 Å². The second-order valence-electron chi connectivity index (χ2n) is 6.02. The molecule has 6 heteroatoms. The minimum absolute atomic E-state index is 0.101. The van der Waals surface area contributed by atoms with Crippen LogP contribution in [-0.2, 0) is 11.8 Å². The second-order valence-corrected chi connectivity index (χ2v) is 7.00. The number of aryl methyl sites for hydroxylation is 2. The molecule has 2 fully saturated rings. The fourth-order valence-corrected chi connectivity index (χ4v) is 4.60. The van der Waals surface area contributed by atoms with E-state index in [0.717, 1.165) is 36.2 Å². The molecule has 108 valence electrons. The van der Waals surface area contributed by atoms with E-state index in [1.807, 2.05) is 11.7 Å². The average molecular weight is 292 g/mol. The summed E-state index contributed by atoms with van der Waals surface area (Å²) in [6.45, 7) is 4.84. The summed E-state index contributed by atoms with van der Waals surface area (Å²) in [5, 5.41) is 5.56. The van der Waals surface area contributed by atoms with Gasteiger partial charge in [0.05, 0.1) is 22.6 Å². The van der Waals surface area contributed by atoms with Crippen LogP contribution in [0.4, 0.5) is 5.13 Å². The van der Waals surface area contributed by atoms with E-state index in [4.69, 9.17) is 9.72 Å². The van der Waals surface area contributed by atoms with E-state index in [1.54, 1.807) is 11.3 Å². The van der Waals surface area contributed by atoms with Crippen molar-refractivity contribution in [3.05, 3.63) is 5.69 Å². The van der Waals surface area contributed by atoms with Crippen LogP contribution in [0.3, 0.4) is 0 Å². The number of nitrogens with zero attached hydrogens (tertiary/aromatic N) is 4. The number of fused-ring (bicyclic) bond motifs is 1. The SMILES string of the molecule is Cc1nn(C)c2nc(N3CCOC4(CCCC4)C3)sc12. The number of aromatic nitrogens is 3. The van der Waals surface area contributed by atoms with Gasteiger partial charge in [0.1, 0.15) is 0 Å². The van der Waals surface area contributed by atoms with E-state index >= 15 is 0 Å². The van der Waals surface area contributed by atoms with Gasteiger partial charge in [-0.1, -0.05) is 24.2 Å². The minimum Gasteiger partial charge on any atom is -0.371 e. The lowest BCUT2D eigenvalue weighted by Gasteiger charge is -2.40. The lowest BCUT2D eigenvalue weighted by molar-refractivity contribution is -0.0501. The van der Waals surface area contributed by atoms with Gasteiger partial charge in [0.2, 0.25) is 0 Å². The molecule has 1 aliphatic carbocycles. The highest BCUT2D eigenvalue weighted by molar-refractivity contribution is 7.22. The Balaban J connectivity index is 1.66. The Morgan fingerprint density at radius 2 is 2.10 bits per heavy atom. The summed E-state index contributed by atoms with van der Waals surface area (Å²) in [5.74, 6) is 0. The molecule has 1 spiro atoms. The summed E-state index contributed by atoms with van der Waals surface area (Å²) in [6, 6.07) is 0. The highest BCUT2D eigenvalue weighted by atomic mass is 32.1. The minimum atomic E-state index is 0.101. The fraction of sp³-hybridized carbons (Fsp3) is 0.714. The molecule has 20 heavy (non-hydrogen) atoms. The summed E-state index contributed by atoms with van der Waals surface area (Å²) in [4.78, 5) is 7.22. The topological polar surface area (TPSA) is 43.2 Å². The molecule has 0 bridgehead atoms. The first-order chi connectivity index (χ1) is 9.67. The normalized spacial score (nSPS) is 22.2. The Bertz CT molecular complexity index is 606. The van der Waals surface area contributed by atoms with E-state index < -0.39 is 0 Å². The van der Waals surface area contributed by atoms with Gasteiger partial charge < -0.3 is 9.64 Å². The summed E-state index contributed by atoms with van der Waals surface area (Å²) >= 11 is 1.77. The largest absolute Gasteiger partial charge is 0.371 e. The van der Waals surface area contributed by atoms with Crippen molar-refractivity contribution >= 4 is 26.8 Å². The van der Waals surface area contributed by atoms with Crippen LogP contribution in [0.15, 0.2) is 0 Å². The Morgan fingerprint density at radius 1 is 1.30 bits per heavy atom. The molecule has 0 unspecified atom stereocenters. The summed E-state index contributed by atoms with van der Waals surface area (Å²) in [7, 11) is 1.97. The van der Waals surface area contributed by atoms with Gasteiger partial charge >= 0.3 is 0 Å². The molecule has 2 aromatic rings. The van der Waals surface area contributed by atoms with E-state index in [2.05, 4.69) is 16.9 Å². The van der Waals surface area contributed by atoms with Crippen LogP contribution < -0.4 is 4.90 Å². The van der Waals surface area contributed by atoms with Crippen LogP contribution in [0.25, 0.3) is 10.3 Å².